The van der Waals surface area contributed by atoms with Gasteiger partial charge >= 0.3 is 10.1 Å². The molecule has 3 aromatic carbocycles. The molecule has 0 bridgehead atoms. The maximum atomic E-state index is 13.0. The Labute approximate surface area is 234 Å². The number of hydrogen-bond donors (Lipinski definition) is 0. The van der Waals surface area contributed by atoms with Crippen LogP contribution in [0.4, 0.5) is 4.79 Å². The quantitative estimate of drug-likeness (QED) is 0.222. The molecule has 0 aliphatic carbocycles. The van der Waals surface area contributed by atoms with Gasteiger partial charge in [-0.1, -0.05) is 29.3 Å². The van der Waals surface area contributed by atoms with E-state index in [2.05, 4.69) is 15.9 Å². The number of benzene rings is 3. The largest absolute Gasteiger partial charge is 0.454 e. The van der Waals surface area contributed by atoms with E-state index in [1.54, 1.807) is 24.3 Å². The van der Waals surface area contributed by atoms with E-state index in [1.807, 2.05) is 0 Å². The Balaban J connectivity index is 1.33. The smallest absolute Gasteiger partial charge is 0.339 e. The van der Waals surface area contributed by atoms with Crippen LogP contribution in [-0.4, -0.2) is 31.3 Å². The summed E-state index contributed by atoms with van der Waals surface area (Å²) in [5.41, 5.74) is 1.09. The second-order valence-corrected chi connectivity index (χ2v) is 12.0. The average molecular weight is 643 g/mol. The number of rotatable bonds is 6. The number of imide groups is 1. The zero-order valence-electron chi connectivity index (χ0n) is 18.4. The molecule has 0 spiro atoms. The molecule has 0 atom stereocenters. The van der Waals surface area contributed by atoms with E-state index in [1.165, 1.54) is 36.4 Å². The molecule has 0 unspecified atom stereocenters. The number of amides is 2. The molecule has 37 heavy (non-hydrogen) atoms. The van der Waals surface area contributed by atoms with Gasteiger partial charge in [0.2, 0.25) is 6.79 Å². The molecular weight excluding hydrogens is 629 g/mol. The van der Waals surface area contributed by atoms with Crippen molar-refractivity contribution in [3.63, 3.8) is 0 Å². The highest BCUT2D eigenvalue weighted by atomic mass is 79.9. The minimum atomic E-state index is -4.09. The molecule has 8 nitrogen and oxygen atoms in total. The van der Waals surface area contributed by atoms with E-state index in [-0.39, 0.29) is 28.9 Å². The molecule has 0 saturated carbocycles. The van der Waals surface area contributed by atoms with Gasteiger partial charge in [-0.3, -0.25) is 14.5 Å². The van der Waals surface area contributed by atoms with Crippen molar-refractivity contribution in [2.75, 3.05) is 6.79 Å². The van der Waals surface area contributed by atoms with Crippen molar-refractivity contribution >= 4 is 78.2 Å². The summed E-state index contributed by atoms with van der Waals surface area (Å²) in [6, 6.07) is 13.4. The maximum Gasteiger partial charge on any atom is 0.339 e. The van der Waals surface area contributed by atoms with E-state index >= 15 is 0 Å². The van der Waals surface area contributed by atoms with Gasteiger partial charge < -0.3 is 13.7 Å². The van der Waals surface area contributed by atoms with Crippen molar-refractivity contribution in [1.82, 2.24) is 4.90 Å². The summed E-state index contributed by atoms with van der Waals surface area (Å²) in [7, 11) is -4.09. The molecule has 0 radical (unpaired) electrons. The molecule has 2 aliphatic heterocycles. The summed E-state index contributed by atoms with van der Waals surface area (Å²) >= 11 is 16.2. The van der Waals surface area contributed by atoms with Crippen LogP contribution in [0.3, 0.4) is 0 Å². The highest BCUT2D eigenvalue weighted by Gasteiger charge is 2.36. The lowest BCUT2D eigenvalue weighted by Crippen LogP contribution is -2.27. The van der Waals surface area contributed by atoms with Crippen molar-refractivity contribution in [3.05, 3.63) is 85.1 Å². The predicted molar refractivity (Wildman–Crippen MR) is 142 cm³/mol. The number of hydrogen-bond acceptors (Lipinski definition) is 8. The summed E-state index contributed by atoms with van der Waals surface area (Å²) in [6.07, 6.45) is 1.54. The fraction of sp³-hybridized carbons (Fsp3) is 0.0833. The Morgan fingerprint density at radius 3 is 2.43 bits per heavy atom. The molecule has 13 heteroatoms. The van der Waals surface area contributed by atoms with Crippen molar-refractivity contribution < 1.29 is 31.7 Å². The summed E-state index contributed by atoms with van der Waals surface area (Å²) in [5.74, 6) is 0.567. The number of carbonyl (C=O) groups excluding carboxylic acids is 2. The van der Waals surface area contributed by atoms with Crippen molar-refractivity contribution in [1.29, 1.82) is 0 Å². The summed E-state index contributed by atoms with van der Waals surface area (Å²) in [4.78, 5) is 26.8. The number of fused-ring (bicyclic) bond motifs is 1. The van der Waals surface area contributed by atoms with Crippen molar-refractivity contribution in [2.45, 2.75) is 11.4 Å². The van der Waals surface area contributed by atoms with E-state index in [9.17, 15) is 18.0 Å². The van der Waals surface area contributed by atoms with Crippen LogP contribution in [0.25, 0.3) is 6.08 Å². The van der Waals surface area contributed by atoms with Gasteiger partial charge in [0.1, 0.15) is 4.90 Å². The van der Waals surface area contributed by atoms with E-state index < -0.39 is 21.3 Å². The van der Waals surface area contributed by atoms with Crippen LogP contribution in [0.1, 0.15) is 11.1 Å². The highest BCUT2D eigenvalue weighted by molar-refractivity contribution is 9.10. The summed E-state index contributed by atoms with van der Waals surface area (Å²) in [5, 5.41) is 0.297. The molecule has 0 aromatic heterocycles. The lowest BCUT2D eigenvalue weighted by molar-refractivity contribution is -0.123. The molecular formula is C24H14BrCl2NO7S2. The minimum absolute atomic E-state index is 0.0312. The zero-order chi connectivity index (χ0) is 26.3. The second kappa shape index (κ2) is 10.2. The van der Waals surface area contributed by atoms with Gasteiger partial charge in [0.05, 0.1) is 15.9 Å². The van der Waals surface area contributed by atoms with Crippen molar-refractivity contribution in [3.8, 4) is 17.2 Å². The first-order valence-corrected chi connectivity index (χ1v) is 14.2. The SMILES string of the molecule is O=C1S/C(=C\c2ccc(OS(=O)(=O)c3ccc(Cl)cc3)c(Br)c2)C(=O)N1Cc1cc2c(cc1Cl)OCO2. The third-order valence-electron chi connectivity index (χ3n) is 5.30. The van der Waals surface area contributed by atoms with Gasteiger partial charge in [-0.2, -0.15) is 8.42 Å². The minimum Gasteiger partial charge on any atom is -0.454 e. The highest BCUT2D eigenvalue weighted by Crippen LogP contribution is 2.40. The average Bonchev–Trinajstić information content (AvgIpc) is 3.40. The normalized spacial score (nSPS) is 16.1. The van der Waals surface area contributed by atoms with Gasteiger partial charge in [0.15, 0.2) is 17.2 Å². The van der Waals surface area contributed by atoms with Crippen LogP contribution >= 0.6 is 50.9 Å². The van der Waals surface area contributed by atoms with Crippen LogP contribution in [-0.2, 0) is 21.5 Å². The molecule has 2 amide bonds. The molecule has 2 heterocycles. The predicted octanol–water partition coefficient (Wildman–Crippen LogP) is 6.49. The second-order valence-electron chi connectivity index (χ2n) is 7.75. The number of nitrogens with zero attached hydrogens (tertiary/aromatic N) is 1. The van der Waals surface area contributed by atoms with Gasteiger partial charge in [-0.25, -0.2) is 0 Å². The third kappa shape index (κ3) is 5.46. The lowest BCUT2D eigenvalue weighted by atomic mass is 10.1. The molecule has 2 aliphatic rings. The number of halogens is 3. The van der Waals surface area contributed by atoms with Crippen LogP contribution in [0.15, 0.2) is 68.9 Å². The lowest BCUT2D eigenvalue weighted by Gasteiger charge is -2.14. The third-order valence-corrected chi connectivity index (χ3v) is 8.68. The van der Waals surface area contributed by atoms with Crippen LogP contribution in [0, 0.1) is 0 Å². The Morgan fingerprint density at radius 2 is 1.73 bits per heavy atom. The fourth-order valence-corrected chi connectivity index (χ4v) is 6.19. The van der Waals surface area contributed by atoms with Crippen LogP contribution in [0.5, 0.6) is 17.2 Å². The molecule has 3 aromatic rings. The standard InChI is InChI=1S/C24H14BrCl2NO7S2/c25-17-7-13(1-6-19(17)35-37(31,32)16-4-2-15(26)3-5-16)8-22-23(29)28(24(30)36-22)11-14-9-20-21(10-18(14)27)34-12-33-20/h1-10H,11-12H2/b22-8-. The van der Waals surface area contributed by atoms with Crippen LogP contribution < -0.4 is 13.7 Å². The van der Waals surface area contributed by atoms with E-state index in [4.69, 9.17) is 36.9 Å². The van der Waals surface area contributed by atoms with Gasteiger partial charge in [-0.15, -0.1) is 0 Å². The van der Waals surface area contributed by atoms with E-state index in [0.29, 0.717) is 37.1 Å². The van der Waals surface area contributed by atoms with Gasteiger partial charge in [0.25, 0.3) is 11.1 Å². The molecule has 1 saturated heterocycles. The van der Waals surface area contributed by atoms with Gasteiger partial charge in [0, 0.05) is 16.1 Å². The Kier molecular flexibility index (Phi) is 7.16. The van der Waals surface area contributed by atoms with Crippen LogP contribution in [0.2, 0.25) is 10.0 Å². The number of carbonyl (C=O) groups is 2. The molecule has 1 fully saturated rings. The Bertz CT molecular complexity index is 1580. The first-order valence-electron chi connectivity index (χ1n) is 10.4. The zero-order valence-corrected chi connectivity index (χ0v) is 23.2. The number of thioether (sulfide) groups is 1. The maximum absolute atomic E-state index is 13.0. The summed E-state index contributed by atoms with van der Waals surface area (Å²) < 4.78 is 41.3. The van der Waals surface area contributed by atoms with Crippen molar-refractivity contribution in [2.24, 2.45) is 0 Å². The topological polar surface area (TPSA) is 99.2 Å². The summed E-state index contributed by atoms with van der Waals surface area (Å²) in [6.45, 7) is 0.0440. The monoisotopic (exact) mass is 641 g/mol. The van der Waals surface area contributed by atoms with E-state index in [0.717, 1.165) is 16.7 Å². The molecule has 0 N–H and O–H groups in total. The Morgan fingerprint density at radius 1 is 1.03 bits per heavy atom. The first-order chi connectivity index (χ1) is 17.6. The first kappa shape index (κ1) is 25.9. The molecule has 190 valence electrons. The Hall–Kier alpha value is -2.70. The fourth-order valence-electron chi connectivity index (χ4n) is 3.48. The number of ether oxygens (including phenoxy) is 2. The molecule has 5 rings (SSSR count). The van der Waals surface area contributed by atoms with Gasteiger partial charge in [-0.05, 0) is 87.4 Å².